The fourth-order valence-corrected chi connectivity index (χ4v) is 2.81. The zero-order valence-electron chi connectivity index (χ0n) is 8.33. The lowest BCUT2D eigenvalue weighted by Gasteiger charge is -2.35. The van der Waals surface area contributed by atoms with Gasteiger partial charge in [0, 0.05) is 11.8 Å². The minimum atomic E-state index is -0.278. The third-order valence-corrected chi connectivity index (χ3v) is 3.63. The van der Waals surface area contributed by atoms with Crippen LogP contribution in [0.2, 0.25) is 0 Å². The molecule has 0 heterocycles. The predicted octanol–water partition coefficient (Wildman–Crippen LogP) is 1.99. The highest BCUT2D eigenvalue weighted by Crippen LogP contribution is 2.51. The highest BCUT2D eigenvalue weighted by Gasteiger charge is 2.46. The van der Waals surface area contributed by atoms with E-state index < -0.39 is 0 Å². The fourth-order valence-electron chi connectivity index (χ4n) is 2.81. The monoisotopic (exact) mass is 192 g/mol. The van der Waals surface area contributed by atoms with Gasteiger partial charge in [0.25, 0.3) is 0 Å². The number of allylic oxidation sites excluding steroid dienone is 2. The molecular weight excluding hydrogens is 176 g/mol. The van der Waals surface area contributed by atoms with E-state index in [1.165, 1.54) is 0 Å². The first-order valence-corrected chi connectivity index (χ1v) is 5.22. The van der Waals surface area contributed by atoms with Crippen LogP contribution in [-0.2, 0) is 4.79 Å². The van der Waals surface area contributed by atoms with Gasteiger partial charge in [-0.1, -0.05) is 11.6 Å². The highest BCUT2D eigenvalue weighted by molar-refractivity contribution is 5.91. The minimum Gasteiger partial charge on any atom is -0.392 e. The fraction of sp³-hybridized carbons (Fsp3) is 0.583. The van der Waals surface area contributed by atoms with Gasteiger partial charge in [-0.25, -0.2) is 0 Å². The molecule has 2 aliphatic rings. The van der Waals surface area contributed by atoms with E-state index in [4.69, 9.17) is 0 Å². The van der Waals surface area contributed by atoms with Crippen molar-refractivity contribution in [2.45, 2.75) is 38.2 Å². The van der Waals surface area contributed by atoms with Crippen LogP contribution in [0.15, 0.2) is 24.3 Å². The Balaban J connectivity index is 2.37. The summed E-state index contributed by atoms with van der Waals surface area (Å²) in [6.45, 7) is 3.74. The summed E-state index contributed by atoms with van der Waals surface area (Å²) in [6.07, 6.45) is 7.18. The van der Waals surface area contributed by atoms with Gasteiger partial charge in [-0.05, 0) is 31.8 Å². The van der Waals surface area contributed by atoms with Gasteiger partial charge in [0.2, 0.25) is 0 Å². The maximum atomic E-state index is 11.3. The van der Waals surface area contributed by atoms with Gasteiger partial charge in [0.1, 0.15) is 0 Å². The quantitative estimate of drug-likeness (QED) is 0.679. The van der Waals surface area contributed by atoms with Gasteiger partial charge in [0.05, 0.1) is 6.10 Å². The molecule has 0 saturated heterocycles. The van der Waals surface area contributed by atoms with Crippen LogP contribution in [0.25, 0.3) is 0 Å². The van der Waals surface area contributed by atoms with Crippen molar-refractivity contribution < 1.29 is 9.90 Å². The maximum absolute atomic E-state index is 11.3. The molecule has 0 aliphatic heterocycles. The molecule has 0 aromatic carbocycles. The average molecular weight is 192 g/mol. The molecule has 1 saturated carbocycles. The third kappa shape index (κ3) is 1.25. The Morgan fingerprint density at radius 2 is 2.43 bits per heavy atom. The lowest BCUT2D eigenvalue weighted by atomic mass is 9.70. The van der Waals surface area contributed by atoms with Crippen molar-refractivity contribution in [3.63, 3.8) is 0 Å². The normalized spacial score (nSPS) is 36.5. The molecule has 1 fully saturated rings. The lowest BCUT2D eigenvalue weighted by Crippen LogP contribution is -2.34. The first kappa shape index (κ1) is 9.66. The van der Waals surface area contributed by atoms with Crippen LogP contribution in [0, 0.1) is 5.41 Å². The van der Waals surface area contributed by atoms with Gasteiger partial charge in [-0.2, -0.15) is 0 Å². The minimum absolute atomic E-state index is 0.143. The standard InChI is InChI=1S/C12H16O2/c1-2-6-12-7-5-10(13)8-9(12)3-4-11(12)14/h2,8,11,14H,1,3-7H2/t11-,12-/m0/s1. The van der Waals surface area contributed by atoms with Crippen LogP contribution < -0.4 is 0 Å². The Morgan fingerprint density at radius 1 is 1.64 bits per heavy atom. The van der Waals surface area contributed by atoms with E-state index in [9.17, 15) is 9.90 Å². The van der Waals surface area contributed by atoms with E-state index in [2.05, 4.69) is 6.58 Å². The van der Waals surface area contributed by atoms with Crippen LogP contribution in [0.5, 0.6) is 0 Å². The van der Waals surface area contributed by atoms with Gasteiger partial charge in [-0.15, -0.1) is 6.58 Å². The molecule has 0 bridgehead atoms. The lowest BCUT2D eigenvalue weighted by molar-refractivity contribution is -0.116. The summed E-state index contributed by atoms with van der Waals surface area (Å²) in [5.74, 6) is 0.216. The largest absolute Gasteiger partial charge is 0.392 e. The summed E-state index contributed by atoms with van der Waals surface area (Å²) >= 11 is 0. The molecule has 14 heavy (non-hydrogen) atoms. The molecule has 0 radical (unpaired) electrons. The zero-order chi connectivity index (χ0) is 10.2. The van der Waals surface area contributed by atoms with E-state index >= 15 is 0 Å². The molecule has 0 unspecified atom stereocenters. The van der Waals surface area contributed by atoms with E-state index in [0.717, 1.165) is 31.3 Å². The molecule has 0 aromatic rings. The second-order valence-electron chi connectivity index (χ2n) is 4.34. The van der Waals surface area contributed by atoms with Crippen molar-refractivity contribution in [3.8, 4) is 0 Å². The van der Waals surface area contributed by atoms with Crippen LogP contribution in [0.4, 0.5) is 0 Å². The molecule has 2 nitrogen and oxygen atoms in total. The van der Waals surface area contributed by atoms with Crippen molar-refractivity contribution in [2.24, 2.45) is 5.41 Å². The highest BCUT2D eigenvalue weighted by atomic mass is 16.3. The van der Waals surface area contributed by atoms with Crippen LogP contribution >= 0.6 is 0 Å². The maximum Gasteiger partial charge on any atom is 0.155 e. The smallest absolute Gasteiger partial charge is 0.155 e. The van der Waals surface area contributed by atoms with Crippen molar-refractivity contribution in [1.29, 1.82) is 0 Å². The molecule has 76 valence electrons. The van der Waals surface area contributed by atoms with Crippen molar-refractivity contribution in [2.75, 3.05) is 0 Å². The molecule has 2 aliphatic carbocycles. The number of hydrogen-bond acceptors (Lipinski definition) is 2. The van der Waals surface area contributed by atoms with Gasteiger partial charge < -0.3 is 5.11 Å². The van der Waals surface area contributed by atoms with Crippen molar-refractivity contribution >= 4 is 5.78 Å². The number of hydrogen-bond donors (Lipinski definition) is 1. The van der Waals surface area contributed by atoms with E-state index in [-0.39, 0.29) is 17.3 Å². The molecule has 2 heteroatoms. The first-order chi connectivity index (χ1) is 6.69. The number of carbonyl (C=O) groups excluding carboxylic acids is 1. The second kappa shape index (κ2) is 3.35. The number of fused-ring (bicyclic) bond motifs is 1. The Bertz CT molecular complexity index is 303. The van der Waals surface area contributed by atoms with Crippen molar-refractivity contribution in [1.82, 2.24) is 0 Å². The Kier molecular flexibility index (Phi) is 2.31. The average Bonchev–Trinajstić information content (AvgIpc) is 2.46. The number of aliphatic hydroxyl groups excluding tert-OH is 1. The summed E-state index contributed by atoms with van der Waals surface area (Å²) in [5, 5.41) is 9.99. The molecule has 1 N–H and O–H groups in total. The van der Waals surface area contributed by atoms with E-state index in [1.807, 2.05) is 6.08 Å². The topological polar surface area (TPSA) is 37.3 Å². The summed E-state index contributed by atoms with van der Waals surface area (Å²) < 4.78 is 0. The van der Waals surface area contributed by atoms with Crippen molar-refractivity contribution in [3.05, 3.63) is 24.3 Å². The number of rotatable bonds is 2. The molecule has 0 aromatic heterocycles. The van der Waals surface area contributed by atoms with Gasteiger partial charge >= 0.3 is 0 Å². The third-order valence-electron chi connectivity index (χ3n) is 3.63. The molecule has 0 amide bonds. The van der Waals surface area contributed by atoms with E-state index in [1.54, 1.807) is 6.08 Å². The summed E-state index contributed by atoms with van der Waals surface area (Å²) in [6, 6.07) is 0. The molecular formula is C12H16O2. The second-order valence-corrected chi connectivity index (χ2v) is 4.34. The number of ketones is 1. The zero-order valence-corrected chi connectivity index (χ0v) is 8.33. The summed E-state index contributed by atoms with van der Waals surface area (Å²) in [5.41, 5.74) is 1.01. The molecule has 2 atom stereocenters. The molecule has 2 rings (SSSR count). The Labute approximate surface area is 84.3 Å². The Morgan fingerprint density at radius 3 is 3.14 bits per heavy atom. The van der Waals surface area contributed by atoms with Crippen LogP contribution in [-0.4, -0.2) is 17.0 Å². The van der Waals surface area contributed by atoms with Gasteiger partial charge in [0.15, 0.2) is 5.78 Å². The van der Waals surface area contributed by atoms with Gasteiger partial charge in [-0.3, -0.25) is 4.79 Å². The first-order valence-electron chi connectivity index (χ1n) is 5.22. The molecule has 0 spiro atoms. The SMILES string of the molecule is C=CC[C@]12CCC(=O)C=C1CC[C@@H]2O. The summed E-state index contributed by atoms with van der Waals surface area (Å²) in [7, 11) is 0. The van der Waals surface area contributed by atoms with Crippen LogP contribution in [0.3, 0.4) is 0 Å². The Hall–Kier alpha value is -0.890. The predicted molar refractivity (Wildman–Crippen MR) is 54.8 cm³/mol. The number of aliphatic hydroxyl groups is 1. The summed E-state index contributed by atoms with van der Waals surface area (Å²) in [4.78, 5) is 11.3. The number of carbonyl (C=O) groups is 1. The van der Waals surface area contributed by atoms with Crippen LogP contribution in [0.1, 0.15) is 32.1 Å². The van der Waals surface area contributed by atoms with E-state index in [0.29, 0.717) is 6.42 Å².